The van der Waals surface area contributed by atoms with Gasteiger partial charge in [-0.25, -0.2) is 14.2 Å². The molecule has 19 heavy (non-hydrogen) atoms. The van der Waals surface area contributed by atoms with Crippen LogP contribution in [0.5, 0.6) is 0 Å². The third kappa shape index (κ3) is 2.90. The first-order chi connectivity index (χ1) is 9.11. The normalized spacial score (nSPS) is 10.4. The Morgan fingerprint density at radius 3 is 2.74 bits per heavy atom. The molecule has 6 heteroatoms. The Labute approximate surface area is 109 Å². The van der Waals surface area contributed by atoms with Gasteiger partial charge in [-0.3, -0.25) is 0 Å². The number of hydrogen-bond donors (Lipinski definition) is 1. The van der Waals surface area contributed by atoms with E-state index in [1.807, 2.05) is 0 Å². The Kier molecular flexibility index (Phi) is 3.79. The number of benzene rings is 1. The van der Waals surface area contributed by atoms with E-state index >= 15 is 0 Å². The number of aromatic nitrogens is 2. The van der Waals surface area contributed by atoms with Crippen LogP contribution in [0.25, 0.3) is 0 Å². The molecule has 0 atom stereocenters. The molecule has 0 saturated heterocycles. The zero-order chi connectivity index (χ0) is 13.8. The van der Waals surface area contributed by atoms with Gasteiger partial charge < -0.3 is 15.0 Å². The highest BCUT2D eigenvalue weighted by Gasteiger charge is 2.15. The van der Waals surface area contributed by atoms with Gasteiger partial charge >= 0.3 is 5.97 Å². The summed E-state index contributed by atoms with van der Waals surface area (Å²) in [6.07, 6.45) is 2.16. The summed E-state index contributed by atoms with van der Waals surface area (Å²) >= 11 is 0. The van der Waals surface area contributed by atoms with Crippen molar-refractivity contribution in [2.45, 2.75) is 13.0 Å². The third-order valence-electron chi connectivity index (χ3n) is 2.81. The van der Waals surface area contributed by atoms with Crippen LogP contribution in [0.2, 0.25) is 0 Å². The minimum atomic E-state index is -0.557. The molecule has 1 aromatic carbocycles. The Balaban J connectivity index is 2.06. The van der Waals surface area contributed by atoms with Crippen LogP contribution < -0.4 is 5.73 Å². The van der Waals surface area contributed by atoms with E-state index in [-0.39, 0.29) is 17.3 Å². The highest BCUT2D eigenvalue weighted by atomic mass is 19.1. The number of rotatable bonds is 4. The van der Waals surface area contributed by atoms with E-state index < -0.39 is 5.97 Å². The summed E-state index contributed by atoms with van der Waals surface area (Å²) in [7, 11) is 1.28. The zero-order valence-corrected chi connectivity index (χ0v) is 10.5. The number of carbonyl (C=O) groups excluding carboxylic acids is 1. The van der Waals surface area contributed by atoms with Crippen LogP contribution in [-0.4, -0.2) is 22.6 Å². The molecule has 0 fully saturated rings. The van der Waals surface area contributed by atoms with Crippen LogP contribution in [0, 0.1) is 5.82 Å². The third-order valence-corrected chi connectivity index (χ3v) is 2.81. The molecular weight excluding hydrogens is 249 g/mol. The summed E-state index contributed by atoms with van der Waals surface area (Å²) in [4.78, 5) is 15.3. The lowest BCUT2D eigenvalue weighted by molar-refractivity contribution is 0.0596. The topological polar surface area (TPSA) is 70.1 Å². The highest BCUT2D eigenvalue weighted by molar-refractivity contribution is 5.92. The van der Waals surface area contributed by atoms with Crippen molar-refractivity contribution in [3.8, 4) is 0 Å². The lowest BCUT2D eigenvalue weighted by Crippen LogP contribution is -2.09. The number of methoxy groups -OCH3 is 1. The van der Waals surface area contributed by atoms with E-state index in [9.17, 15) is 9.18 Å². The van der Waals surface area contributed by atoms with Crippen LogP contribution in [0.1, 0.15) is 16.1 Å². The molecule has 0 spiro atoms. The fourth-order valence-electron chi connectivity index (χ4n) is 1.72. The molecule has 5 nitrogen and oxygen atoms in total. The van der Waals surface area contributed by atoms with Gasteiger partial charge in [0.05, 0.1) is 13.4 Å². The van der Waals surface area contributed by atoms with E-state index in [2.05, 4.69) is 9.72 Å². The van der Waals surface area contributed by atoms with Gasteiger partial charge in [0, 0.05) is 6.54 Å². The summed E-state index contributed by atoms with van der Waals surface area (Å²) in [5.41, 5.74) is 6.90. The van der Waals surface area contributed by atoms with Crippen LogP contribution in [-0.2, 0) is 17.7 Å². The summed E-state index contributed by atoms with van der Waals surface area (Å²) in [6, 6.07) is 6.24. The minimum Gasteiger partial charge on any atom is -0.464 e. The average Bonchev–Trinajstić information content (AvgIpc) is 2.79. The second kappa shape index (κ2) is 5.51. The van der Waals surface area contributed by atoms with Gasteiger partial charge in [0.15, 0.2) is 5.69 Å². The first kappa shape index (κ1) is 13.1. The van der Waals surface area contributed by atoms with Crippen LogP contribution in [0.3, 0.4) is 0 Å². The van der Waals surface area contributed by atoms with Gasteiger partial charge in [0.2, 0.25) is 0 Å². The number of halogens is 1. The molecule has 0 amide bonds. The molecular formula is C13H14FN3O2. The number of imidazole rings is 1. The maximum absolute atomic E-state index is 12.8. The number of hydrogen-bond acceptors (Lipinski definition) is 4. The van der Waals surface area contributed by atoms with Gasteiger partial charge in [-0.15, -0.1) is 0 Å². The monoisotopic (exact) mass is 263 g/mol. The molecule has 100 valence electrons. The van der Waals surface area contributed by atoms with Crippen molar-refractivity contribution in [2.75, 3.05) is 12.8 Å². The SMILES string of the molecule is COC(=O)c1ncn(CCc2ccc(F)cc2)c1N. The van der Waals surface area contributed by atoms with Crippen molar-refractivity contribution in [1.82, 2.24) is 9.55 Å². The molecule has 0 aliphatic rings. The number of ether oxygens (including phenoxy) is 1. The first-order valence-electron chi connectivity index (χ1n) is 5.75. The highest BCUT2D eigenvalue weighted by Crippen LogP contribution is 2.12. The van der Waals surface area contributed by atoms with Crippen LogP contribution in [0.4, 0.5) is 10.2 Å². The van der Waals surface area contributed by atoms with Gasteiger partial charge in [-0.05, 0) is 24.1 Å². The number of nitrogen functional groups attached to an aromatic ring is 1. The fourth-order valence-corrected chi connectivity index (χ4v) is 1.72. The molecule has 2 aromatic rings. The molecule has 0 saturated carbocycles. The molecule has 0 unspecified atom stereocenters. The predicted molar refractivity (Wildman–Crippen MR) is 68.1 cm³/mol. The van der Waals surface area contributed by atoms with E-state index in [0.29, 0.717) is 13.0 Å². The van der Waals surface area contributed by atoms with Crippen LogP contribution in [0.15, 0.2) is 30.6 Å². The summed E-state index contributed by atoms with van der Waals surface area (Å²) in [6.45, 7) is 0.557. The lowest BCUT2D eigenvalue weighted by atomic mass is 10.1. The zero-order valence-electron chi connectivity index (χ0n) is 10.5. The van der Waals surface area contributed by atoms with E-state index in [0.717, 1.165) is 5.56 Å². The molecule has 0 bridgehead atoms. The van der Waals surface area contributed by atoms with Crippen molar-refractivity contribution < 1.29 is 13.9 Å². The summed E-state index contributed by atoms with van der Waals surface area (Å²) in [5.74, 6) is -0.550. The quantitative estimate of drug-likeness (QED) is 0.851. The summed E-state index contributed by atoms with van der Waals surface area (Å²) in [5, 5.41) is 0. The van der Waals surface area contributed by atoms with E-state index in [4.69, 9.17) is 5.73 Å². The Morgan fingerprint density at radius 1 is 1.42 bits per heavy atom. The molecule has 2 N–H and O–H groups in total. The van der Waals surface area contributed by atoms with Gasteiger partial charge in [-0.1, -0.05) is 12.1 Å². The average molecular weight is 263 g/mol. The maximum Gasteiger partial charge on any atom is 0.360 e. The van der Waals surface area contributed by atoms with E-state index in [1.54, 1.807) is 16.7 Å². The number of anilines is 1. The number of esters is 1. The van der Waals surface area contributed by atoms with Crippen molar-refractivity contribution in [2.24, 2.45) is 0 Å². The Bertz CT molecular complexity index is 578. The molecule has 0 radical (unpaired) electrons. The smallest absolute Gasteiger partial charge is 0.360 e. The molecule has 2 rings (SSSR count). The van der Waals surface area contributed by atoms with Crippen molar-refractivity contribution in [1.29, 1.82) is 0 Å². The predicted octanol–water partition coefficient (Wildman–Crippen LogP) is 1.63. The fraction of sp³-hybridized carbons (Fsp3) is 0.231. The van der Waals surface area contributed by atoms with Crippen molar-refractivity contribution in [3.05, 3.63) is 47.7 Å². The largest absolute Gasteiger partial charge is 0.464 e. The number of nitrogens with two attached hydrogens (primary N) is 1. The van der Waals surface area contributed by atoms with Gasteiger partial charge in [-0.2, -0.15) is 0 Å². The molecule has 0 aliphatic heterocycles. The van der Waals surface area contributed by atoms with Gasteiger partial charge in [0.25, 0.3) is 0 Å². The van der Waals surface area contributed by atoms with Crippen molar-refractivity contribution in [3.63, 3.8) is 0 Å². The van der Waals surface area contributed by atoms with Crippen LogP contribution >= 0.6 is 0 Å². The number of nitrogens with zero attached hydrogens (tertiary/aromatic N) is 2. The molecule has 0 aliphatic carbocycles. The van der Waals surface area contributed by atoms with E-state index in [1.165, 1.54) is 25.6 Å². The Morgan fingerprint density at radius 2 is 2.11 bits per heavy atom. The molecule has 1 aromatic heterocycles. The second-order valence-electron chi connectivity index (χ2n) is 4.04. The lowest BCUT2D eigenvalue weighted by Gasteiger charge is -2.05. The first-order valence-corrected chi connectivity index (χ1v) is 5.75. The maximum atomic E-state index is 12.8. The van der Waals surface area contributed by atoms with Crippen molar-refractivity contribution >= 4 is 11.8 Å². The molecule has 1 heterocycles. The summed E-state index contributed by atoms with van der Waals surface area (Å²) < 4.78 is 19.0. The number of aryl methyl sites for hydroxylation is 2. The standard InChI is InChI=1S/C13H14FN3O2/c1-19-13(18)11-12(15)17(8-16-11)7-6-9-2-4-10(14)5-3-9/h2-5,8H,6-7,15H2,1H3. The number of carbonyl (C=O) groups is 1. The Hall–Kier alpha value is -2.37. The van der Waals surface area contributed by atoms with Gasteiger partial charge in [0.1, 0.15) is 11.6 Å². The second-order valence-corrected chi connectivity index (χ2v) is 4.04. The minimum absolute atomic E-state index is 0.113.